The third-order valence-electron chi connectivity index (χ3n) is 3.93. The van der Waals surface area contributed by atoms with Crippen LogP contribution >= 0.6 is 12.2 Å². The number of hydrogen-bond donors (Lipinski definition) is 3. The molecule has 0 amide bonds. The topological polar surface area (TPSA) is 98.4 Å². The lowest BCUT2D eigenvalue weighted by atomic mass is 10.2. The summed E-state index contributed by atoms with van der Waals surface area (Å²) in [4.78, 5) is -0.400. The number of hydrogen-bond acceptors (Lipinski definition) is 4. The van der Waals surface area contributed by atoms with Gasteiger partial charge in [0.25, 0.3) is 0 Å². The van der Waals surface area contributed by atoms with Gasteiger partial charge in [0.15, 0.2) is 10.9 Å². The Hall–Kier alpha value is -2.83. The first kappa shape index (κ1) is 20.9. The maximum absolute atomic E-state index is 12.7. The van der Waals surface area contributed by atoms with Gasteiger partial charge >= 0.3 is 6.36 Å². The summed E-state index contributed by atoms with van der Waals surface area (Å²) >= 11 is 5.18. The van der Waals surface area contributed by atoms with Crippen LogP contribution < -0.4 is 20.5 Å². The van der Waals surface area contributed by atoms with Crippen molar-refractivity contribution < 1.29 is 26.3 Å². The number of alkyl halides is 3. The van der Waals surface area contributed by atoms with Gasteiger partial charge in [0.05, 0.1) is 10.6 Å². The van der Waals surface area contributed by atoms with Gasteiger partial charge in [-0.15, -0.1) is 13.2 Å². The molecule has 0 aliphatic rings. The number of nitrogens with one attached hydrogen (secondary N) is 2. The molecule has 154 valence electrons. The molecule has 0 saturated carbocycles. The molecule has 0 aliphatic carbocycles. The maximum Gasteiger partial charge on any atom is 0.573 e. The molecule has 0 unspecified atom stereocenters. The van der Waals surface area contributed by atoms with E-state index in [0.29, 0.717) is 5.69 Å². The summed E-state index contributed by atoms with van der Waals surface area (Å²) in [6, 6.07) is 9.92. The van der Waals surface area contributed by atoms with Crippen molar-refractivity contribution in [2.24, 2.45) is 12.2 Å². The molecule has 1 aromatic heterocycles. The average Bonchev–Trinajstić information content (AvgIpc) is 2.97. The van der Waals surface area contributed by atoms with Crippen molar-refractivity contribution in [1.82, 2.24) is 4.57 Å². The smallest absolute Gasteiger partial charge is 0.404 e. The van der Waals surface area contributed by atoms with Crippen LogP contribution in [0.1, 0.15) is 0 Å². The highest BCUT2D eigenvalue weighted by atomic mass is 32.2. The highest BCUT2D eigenvalue weighted by molar-refractivity contribution is 7.89. The number of aromatic nitrogens is 1. The highest BCUT2D eigenvalue weighted by Crippen LogP contribution is 2.32. The Morgan fingerprint density at radius 1 is 1.14 bits per heavy atom. The average molecular weight is 444 g/mol. The van der Waals surface area contributed by atoms with E-state index in [1.807, 2.05) is 29.9 Å². The zero-order chi connectivity index (χ0) is 21.4. The summed E-state index contributed by atoms with van der Waals surface area (Å²) in [5.74, 6) is -0.660. The van der Waals surface area contributed by atoms with Crippen LogP contribution in [0.3, 0.4) is 0 Å². The lowest BCUT2D eigenvalue weighted by Gasteiger charge is -2.17. The number of nitrogens with zero attached hydrogens (tertiary/aromatic N) is 1. The molecule has 7 nitrogen and oxygen atoms in total. The molecule has 0 atom stereocenters. The predicted octanol–water partition coefficient (Wildman–Crippen LogP) is 3.53. The van der Waals surface area contributed by atoms with Crippen LogP contribution in [0.15, 0.2) is 53.6 Å². The Morgan fingerprint density at radius 3 is 2.48 bits per heavy atom. The van der Waals surface area contributed by atoms with Crippen molar-refractivity contribution in [2.45, 2.75) is 11.3 Å². The number of aryl methyl sites for hydroxylation is 1. The minimum Gasteiger partial charge on any atom is -0.404 e. The van der Waals surface area contributed by atoms with Crippen LogP contribution in [-0.2, 0) is 17.1 Å². The number of fused-ring (bicyclic) bond motifs is 1. The molecule has 1 heterocycles. The molecule has 29 heavy (non-hydrogen) atoms. The van der Waals surface area contributed by atoms with Gasteiger partial charge in [-0.3, -0.25) is 0 Å². The number of anilines is 2. The number of halogens is 3. The summed E-state index contributed by atoms with van der Waals surface area (Å²) in [6.45, 7) is 0. The number of sulfonamides is 1. The lowest BCUT2D eigenvalue weighted by Crippen LogP contribution is -2.23. The predicted molar refractivity (Wildman–Crippen MR) is 107 cm³/mol. The SMILES string of the molecule is Cn1ccc2c(NC(=S)Nc3cc(S(N)(=O)=O)ccc3OC(F)(F)F)cccc21. The molecule has 12 heteroatoms. The number of nitrogens with two attached hydrogens (primary N) is 1. The van der Waals surface area contributed by atoms with Crippen LogP contribution in [0.5, 0.6) is 5.75 Å². The van der Waals surface area contributed by atoms with E-state index in [1.54, 1.807) is 12.1 Å². The molecular weight excluding hydrogens is 429 g/mol. The van der Waals surface area contributed by atoms with Crippen molar-refractivity contribution in [1.29, 1.82) is 0 Å². The van der Waals surface area contributed by atoms with Crippen molar-refractivity contribution >= 4 is 49.6 Å². The van der Waals surface area contributed by atoms with Crippen molar-refractivity contribution in [2.75, 3.05) is 10.6 Å². The van der Waals surface area contributed by atoms with Gasteiger partial charge in [0.2, 0.25) is 10.0 Å². The minimum absolute atomic E-state index is 0.0695. The first-order valence-electron chi connectivity index (χ1n) is 7.99. The Morgan fingerprint density at radius 2 is 1.83 bits per heavy atom. The second-order valence-electron chi connectivity index (χ2n) is 5.99. The van der Waals surface area contributed by atoms with Gasteiger partial charge in [0.1, 0.15) is 0 Å². The van der Waals surface area contributed by atoms with Crippen LogP contribution in [0.4, 0.5) is 24.5 Å². The molecule has 3 rings (SSSR count). The number of ether oxygens (including phenoxy) is 1. The largest absolute Gasteiger partial charge is 0.573 e. The van der Waals surface area contributed by atoms with E-state index in [4.69, 9.17) is 17.4 Å². The van der Waals surface area contributed by atoms with E-state index in [9.17, 15) is 21.6 Å². The van der Waals surface area contributed by atoms with Gasteiger partial charge in [-0.1, -0.05) is 6.07 Å². The van der Waals surface area contributed by atoms with E-state index in [0.717, 1.165) is 29.1 Å². The fraction of sp³-hybridized carbons (Fsp3) is 0.118. The van der Waals surface area contributed by atoms with E-state index in [2.05, 4.69) is 15.4 Å². The molecule has 0 fully saturated rings. The molecule has 0 spiro atoms. The van der Waals surface area contributed by atoms with E-state index in [1.165, 1.54) is 0 Å². The second kappa shape index (κ2) is 7.54. The van der Waals surface area contributed by atoms with Crippen LogP contribution in [0.2, 0.25) is 0 Å². The van der Waals surface area contributed by atoms with Gasteiger partial charge in [-0.25, -0.2) is 13.6 Å². The molecule has 0 bridgehead atoms. The third-order valence-corrected chi connectivity index (χ3v) is 5.04. The number of thiocarbonyl (C=S) groups is 1. The molecule has 0 radical (unpaired) electrons. The zero-order valence-corrected chi connectivity index (χ0v) is 16.5. The summed E-state index contributed by atoms with van der Waals surface area (Å²) in [5, 5.41) is 11.2. The van der Waals surface area contributed by atoms with E-state index < -0.39 is 27.0 Å². The molecule has 2 aromatic carbocycles. The third kappa shape index (κ3) is 4.96. The number of benzene rings is 2. The van der Waals surface area contributed by atoms with E-state index >= 15 is 0 Å². The summed E-state index contributed by atoms with van der Waals surface area (Å²) in [7, 11) is -2.29. The zero-order valence-electron chi connectivity index (χ0n) is 14.8. The Kier molecular flexibility index (Phi) is 5.43. The van der Waals surface area contributed by atoms with E-state index in [-0.39, 0.29) is 10.8 Å². The molecule has 0 saturated heterocycles. The standard InChI is InChI=1S/C17H15F3N4O3S2/c1-24-8-7-11-12(3-2-4-14(11)24)22-16(28)23-13-9-10(29(21,25)26)5-6-15(13)27-17(18,19)20/h2-9H,1H3,(H2,21,25,26)(H2,22,23,28). The first-order valence-corrected chi connectivity index (χ1v) is 9.94. The highest BCUT2D eigenvalue weighted by Gasteiger charge is 2.32. The fourth-order valence-electron chi connectivity index (χ4n) is 2.68. The maximum atomic E-state index is 12.7. The summed E-state index contributed by atoms with van der Waals surface area (Å²) < 4.78 is 66.9. The number of rotatable bonds is 4. The van der Waals surface area contributed by atoms with Crippen LogP contribution in [0, 0.1) is 0 Å². The van der Waals surface area contributed by atoms with Gasteiger partial charge < -0.3 is 19.9 Å². The van der Waals surface area contributed by atoms with Gasteiger partial charge in [0, 0.05) is 29.8 Å². The second-order valence-corrected chi connectivity index (χ2v) is 7.96. The fourth-order valence-corrected chi connectivity index (χ4v) is 3.44. The monoisotopic (exact) mass is 444 g/mol. The minimum atomic E-state index is -4.98. The van der Waals surface area contributed by atoms with Crippen molar-refractivity contribution in [3.8, 4) is 5.75 Å². The van der Waals surface area contributed by atoms with Crippen molar-refractivity contribution in [3.05, 3.63) is 48.7 Å². The lowest BCUT2D eigenvalue weighted by molar-refractivity contribution is -0.274. The van der Waals surface area contributed by atoms with Crippen LogP contribution in [-0.4, -0.2) is 24.5 Å². The normalized spacial score (nSPS) is 12.0. The molecular formula is C17H15F3N4O3S2. The molecule has 4 N–H and O–H groups in total. The number of primary sulfonamides is 1. The first-order chi connectivity index (χ1) is 13.4. The Labute approximate surface area is 169 Å². The molecule has 0 aliphatic heterocycles. The Balaban J connectivity index is 1.91. The van der Waals surface area contributed by atoms with Crippen LogP contribution in [0.25, 0.3) is 10.9 Å². The summed E-state index contributed by atoms with van der Waals surface area (Å²) in [5.41, 5.74) is 1.21. The quantitative estimate of drug-likeness (QED) is 0.533. The van der Waals surface area contributed by atoms with Gasteiger partial charge in [-0.05, 0) is 48.6 Å². The summed E-state index contributed by atoms with van der Waals surface area (Å²) in [6.07, 6.45) is -3.14. The van der Waals surface area contributed by atoms with Crippen molar-refractivity contribution in [3.63, 3.8) is 0 Å². The van der Waals surface area contributed by atoms with Gasteiger partial charge in [-0.2, -0.15) is 0 Å². The molecule has 3 aromatic rings. The Bertz CT molecular complexity index is 1190.